The molecule has 17 heavy (non-hydrogen) atoms. The maximum atomic E-state index is 8.76. The quantitative estimate of drug-likeness (QED) is 0.835. The SMILES string of the molecule is CC1COC(CN)(c2ccc(C#N)cc2)OC1. The van der Waals surface area contributed by atoms with Gasteiger partial charge in [-0.05, 0) is 12.1 Å². The lowest BCUT2D eigenvalue weighted by atomic mass is 10.0. The molecule has 0 unspecified atom stereocenters. The van der Waals surface area contributed by atoms with Crippen molar-refractivity contribution in [2.75, 3.05) is 19.8 Å². The average Bonchev–Trinajstić information content (AvgIpc) is 2.40. The number of benzene rings is 1. The summed E-state index contributed by atoms with van der Waals surface area (Å²) in [7, 11) is 0. The summed E-state index contributed by atoms with van der Waals surface area (Å²) in [6.45, 7) is 3.61. The van der Waals surface area contributed by atoms with E-state index in [0.717, 1.165) is 5.56 Å². The van der Waals surface area contributed by atoms with Crippen molar-refractivity contribution >= 4 is 0 Å². The van der Waals surface area contributed by atoms with Gasteiger partial charge >= 0.3 is 0 Å². The van der Waals surface area contributed by atoms with Crippen LogP contribution in [0.5, 0.6) is 0 Å². The fourth-order valence-corrected chi connectivity index (χ4v) is 1.84. The Morgan fingerprint density at radius 3 is 2.41 bits per heavy atom. The number of rotatable bonds is 2. The van der Waals surface area contributed by atoms with Gasteiger partial charge in [0.25, 0.3) is 0 Å². The number of ether oxygens (including phenoxy) is 2. The number of nitriles is 1. The van der Waals surface area contributed by atoms with E-state index in [9.17, 15) is 0 Å². The molecule has 90 valence electrons. The van der Waals surface area contributed by atoms with E-state index in [1.807, 2.05) is 12.1 Å². The fraction of sp³-hybridized carbons (Fsp3) is 0.462. The van der Waals surface area contributed by atoms with Gasteiger partial charge in [-0.25, -0.2) is 0 Å². The summed E-state index contributed by atoms with van der Waals surface area (Å²) in [6, 6.07) is 9.25. The van der Waals surface area contributed by atoms with Gasteiger partial charge in [-0.3, -0.25) is 0 Å². The lowest BCUT2D eigenvalue weighted by molar-refractivity contribution is -0.284. The molecule has 0 saturated carbocycles. The summed E-state index contributed by atoms with van der Waals surface area (Å²) in [6.07, 6.45) is 0. The molecule has 1 fully saturated rings. The Labute approximate surface area is 101 Å². The number of hydrogen-bond donors (Lipinski definition) is 1. The van der Waals surface area contributed by atoms with Crippen LogP contribution in [0, 0.1) is 17.2 Å². The van der Waals surface area contributed by atoms with Gasteiger partial charge in [0, 0.05) is 11.5 Å². The van der Waals surface area contributed by atoms with Gasteiger partial charge in [0.05, 0.1) is 31.4 Å². The van der Waals surface area contributed by atoms with Crippen LogP contribution in [-0.4, -0.2) is 19.8 Å². The van der Waals surface area contributed by atoms with Crippen LogP contribution in [0.15, 0.2) is 24.3 Å². The van der Waals surface area contributed by atoms with E-state index >= 15 is 0 Å². The van der Waals surface area contributed by atoms with E-state index in [0.29, 0.717) is 24.7 Å². The molecular weight excluding hydrogens is 216 g/mol. The van der Waals surface area contributed by atoms with Gasteiger partial charge in [-0.15, -0.1) is 0 Å². The Hall–Kier alpha value is -1.41. The highest BCUT2D eigenvalue weighted by atomic mass is 16.7. The molecule has 0 bridgehead atoms. The highest BCUT2D eigenvalue weighted by Crippen LogP contribution is 2.31. The summed E-state index contributed by atoms with van der Waals surface area (Å²) >= 11 is 0. The maximum absolute atomic E-state index is 8.76. The fourth-order valence-electron chi connectivity index (χ4n) is 1.84. The van der Waals surface area contributed by atoms with Crippen LogP contribution >= 0.6 is 0 Å². The first-order chi connectivity index (χ1) is 8.20. The second-order valence-corrected chi connectivity index (χ2v) is 4.37. The van der Waals surface area contributed by atoms with Crippen molar-refractivity contribution in [3.8, 4) is 6.07 Å². The Morgan fingerprint density at radius 2 is 1.94 bits per heavy atom. The molecule has 2 rings (SSSR count). The van der Waals surface area contributed by atoms with Gasteiger partial charge in [0.2, 0.25) is 5.79 Å². The van der Waals surface area contributed by atoms with Crippen molar-refractivity contribution in [2.24, 2.45) is 11.7 Å². The molecule has 0 aliphatic carbocycles. The normalized spacial score (nSPS) is 28.6. The molecule has 4 heteroatoms. The van der Waals surface area contributed by atoms with Crippen molar-refractivity contribution in [3.05, 3.63) is 35.4 Å². The van der Waals surface area contributed by atoms with E-state index in [1.165, 1.54) is 0 Å². The molecule has 0 aromatic heterocycles. The van der Waals surface area contributed by atoms with Gasteiger partial charge in [-0.2, -0.15) is 5.26 Å². The minimum Gasteiger partial charge on any atom is -0.344 e. The molecule has 1 aliphatic rings. The summed E-state index contributed by atoms with van der Waals surface area (Å²) in [5, 5.41) is 8.76. The zero-order chi connectivity index (χ0) is 12.3. The third kappa shape index (κ3) is 2.32. The second kappa shape index (κ2) is 4.84. The standard InChI is InChI=1S/C13H16N2O2/c1-10-7-16-13(9-15,17-8-10)12-4-2-11(6-14)3-5-12/h2-5,10H,7-9,15H2,1H3. The molecule has 1 aromatic rings. The summed E-state index contributed by atoms with van der Waals surface area (Å²) in [5.41, 5.74) is 7.25. The van der Waals surface area contributed by atoms with E-state index in [2.05, 4.69) is 13.0 Å². The molecule has 1 aliphatic heterocycles. The molecule has 0 atom stereocenters. The highest BCUT2D eigenvalue weighted by Gasteiger charge is 2.37. The van der Waals surface area contributed by atoms with Crippen LogP contribution < -0.4 is 5.73 Å². The average molecular weight is 232 g/mol. The first-order valence-electron chi connectivity index (χ1n) is 5.69. The van der Waals surface area contributed by atoms with Crippen molar-refractivity contribution in [1.29, 1.82) is 5.26 Å². The lowest BCUT2D eigenvalue weighted by Crippen LogP contribution is -2.46. The lowest BCUT2D eigenvalue weighted by Gasteiger charge is -2.38. The van der Waals surface area contributed by atoms with Crippen molar-refractivity contribution in [3.63, 3.8) is 0 Å². The van der Waals surface area contributed by atoms with Crippen LogP contribution in [0.4, 0.5) is 0 Å². The molecule has 4 nitrogen and oxygen atoms in total. The van der Waals surface area contributed by atoms with Crippen LogP contribution in [0.25, 0.3) is 0 Å². The van der Waals surface area contributed by atoms with Crippen LogP contribution in [0.3, 0.4) is 0 Å². The minimum atomic E-state index is -0.847. The molecule has 2 N–H and O–H groups in total. The zero-order valence-corrected chi connectivity index (χ0v) is 9.85. The minimum absolute atomic E-state index is 0.269. The molecule has 1 saturated heterocycles. The smallest absolute Gasteiger partial charge is 0.207 e. The molecular formula is C13H16N2O2. The van der Waals surface area contributed by atoms with Crippen LogP contribution in [0.2, 0.25) is 0 Å². The molecule has 0 spiro atoms. The summed E-state index contributed by atoms with van der Waals surface area (Å²) < 4.78 is 11.5. The van der Waals surface area contributed by atoms with E-state index in [-0.39, 0.29) is 6.54 Å². The molecule has 0 radical (unpaired) electrons. The Morgan fingerprint density at radius 1 is 1.35 bits per heavy atom. The van der Waals surface area contributed by atoms with Gasteiger partial charge < -0.3 is 15.2 Å². The van der Waals surface area contributed by atoms with Gasteiger partial charge in [0.1, 0.15) is 0 Å². The Balaban J connectivity index is 2.25. The maximum Gasteiger partial charge on any atom is 0.207 e. The second-order valence-electron chi connectivity index (χ2n) is 4.37. The predicted octanol–water partition coefficient (Wildman–Crippen LogP) is 1.35. The largest absolute Gasteiger partial charge is 0.344 e. The first-order valence-corrected chi connectivity index (χ1v) is 5.69. The van der Waals surface area contributed by atoms with Crippen LogP contribution in [-0.2, 0) is 15.3 Å². The Kier molecular flexibility index (Phi) is 3.43. The third-order valence-corrected chi connectivity index (χ3v) is 2.92. The monoisotopic (exact) mass is 232 g/mol. The zero-order valence-electron chi connectivity index (χ0n) is 9.85. The first kappa shape index (κ1) is 12.1. The van der Waals surface area contributed by atoms with E-state index in [1.54, 1.807) is 12.1 Å². The number of nitrogens with zero attached hydrogens (tertiary/aromatic N) is 1. The van der Waals surface area contributed by atoms with E-state index < -0.39 is 5.79 Å². The topological polar surface area (TPSA) is 68.3 Å². The Bertz CT molecular complexity index is 414. The van der Waals surface area contributed by atoms with Crippen LogP contribution in [0.1, 0.15) is 18.1 Å². The third-order valence-electron chi connectivity index (χ3n) is 2.92. The van der Waals surface area contributed by atoms with Gasteiger partial charge in [0.15, 0.2) is 0 Å². The number of hydrogen-bond acceptors (Lipinski definition) is 4. The highest BCUT2D eigenvalue weighted by molar-refractivity contribution is 5.33. The number of nitrogens with two attached hydrogens (primary N) is 1. The molecule has 1 heterocycles. The van der Waals surface area contributed by atoms with Crippen molar-refractivity contribution < 1.29 is 9.47 Å². The predicted molar refractivity (Wildman–Crippen MR) is 63.0 cm³/mol. The van der Waals surface area contributed by atoms with Gasteiger partial charge in [-0.1, -0.05) is 19.1 Å². The van der Waals surface area contributed by atoms with E-state index in [4.69, 9.17) is 20.5 Å². The van der Waals surface area contributed by atoms with Crippen molar-refractivity contribution in [2.45, 2.75) is 12.7 Å². The van der Waals surface area contributed by atoms with Crippen molar-refractivity contribution in [1.82, 2.24) is 0 Å². The summed E-state index contributed by atoms with van der Waals surface area (Å²) in [5.74, 6) is -0.464. The molecule has 1 aromatic carbocycles. The molecule has 0 amide bonds. The summed E-state index contributed by atoms with van der Waals surface area (Å²) in [4.78, 5) is 0.